The fraction of sp³-hybridized carbons (Fsp3) is 0.556. The first kappa shape index (κ1) is 17.2. The zero-order chi connectivity index (χ0) is 18.3. The van der Waals surface area contributed by atoms with Gasteiger partial charge in [-0.15, -0.1) is 11.3 Å². The molecule has 2 aromatic rings. The van der Waals surface area contributed by atoms with Gasteiger partial charge in [0.2, 0.25) is 5.91 Å². The number of nitrogens with one attached hydrogen (secondary N) is 1. The summed E-state index contributed by atoms with van der Waals surface area (Å²) < 4.78 is 0. The Morgan fingerprint density at radius 1 is 1.38 bits per heavy atom. The number of aromatic amines is 1. The van der Waals surface area contributed by atoms with Crippen molar-refractivity contribution in [3.05, 3.63) is 34.0 Å². The van der Waals surface area contributed by atoms with Crippen molar-refractivity contribution >= 4 is 23.2 Å². The summed E-state index contributed by atoms with van der Waals surface area (Å²) in [6.07, 6.45) is 1.78. The number of piperidine rings is 1. The summed E-state index contributed by atoms with van der Waals surface area (Å²) in [7, 11) is 0. The highest BCUT2D eigenvalue weighted by Gasteiger charge is 2.42. The van der Waals surface area contributed by atoms with Gasteiger partial charge in [0, 0.05) is 30.2 Å². The normalized spacial score (nSPS) is 23.0. The van der Waals surface area contributed by atoms with Crippen LogP contribution >= 0.6 is 11.3 Å². The van der Waals surface area contributed by atoms with Crippen LogP contribution in [-0.2, 0) is 11.3 Å². The Hall–Kier alpha value is -2.22. The molecule has 0 saturated carbocycles. The Balaban J connectivity index is 1.53. The molecule has 8 heteroatoms. The number of aromatic nitrogens is 3. The molecule has 0 aromatic carbocycles. The maximum absolute atomic E-state index is 12.9. The number of carbonyl (C=O) groups is 2. The van der Waals surface area contributed by atoms with E-state index in [1.54, 1.807) is 5.51 Å². The summed E-state index contributed by atoms with van der Waals surface area (Å²) in [5.41, 5.74) is 4.10. The molecular formula is C18H23N5O2S. The van der Waals surface area contributed by atoms with Crippen molar-refractivity contribution < 1.29 is 9.59 Å². The van der Waals surface area contributed by atoms with Crippen LogP contribution in [0.25, 0.3) is 0 Å². The van der Waals surface area contributed by atoms with Gasteiger partial charge in [-0.1, -0.05) is 13.8 Å². The summed E-state index contributed by atoms with van der Waals surface area (Å²) in [5.74, 6) is 0.224. The highest BCUT2D eigenvalue weighted by molar-refractivity contribution is 7.07. The second-order valence-corrected chi connectivity index (χ2v) is 8.17. The molecule has 0 unspecified atom stereocenters. The van der Waals surface area contributed by atoms with E-state index < -0.39 is 0 Å². The molecule has 3 aliphatic heterocycles. The van der Waals surface area contributed by atoms with Crippen LogP contribution in [0.3, 0.4) is 0 Å². The number of H-pyrrole nitrogens is 1. The first-order valence-corrected chi connectivity index (χ1v) is 9.99. The van der Waals surface area contributed by atoms with E-state index in [-0.39, 0.29) is 23.8 Å². The van der Waals surface area contributed by atoms with E-state index >= 15 is 0 Å². The van der Waals surface area contributed by atoms with Crippen molar-refractivity contribution in [2.45, 2.75) is 45.2 Å². The molecule has 5 rings (SSSR count). The predicted octanol–water partition coefficient (Wildman–Crippen LogP) is 2.25. The van der Waals surface area contributed by atoms with E-state index in [4.69, 9.17) is 0 Å². The first-order valence-electron chi connectivity index (χ1n) is 9.05. The van der Waals surface area contributed by atoms with Gasteiger partial charge in [0.15, 0.2) is 0 Å². The monoisotopic (exact) mass is 373 g/mol. The number of hydrogen-bond acceptors (Lipinski definition) is 5. The smallest absolute Gasteiger partial charge is 0.274 e. The molecule has 2 atom stereocenters. The maximum Gasteiger partial charge on any atom is 0.274 e. The average molecular weight is 373 g/mol. The minimum absolute atomic E-state index is 0.0513. The molecule has 5 heterocycles. The highest BCUT2D eigenvalue weighted by atomic mass is 32.1. The first-order chi connectivity index (χ1) is 12.5. The predicted molar refractivity (Wildman–Crippen MR) is 97.8 cm³/mol. The topological polar surface area (TPSA) is 82.2 Å². The Bertz CT molecular complexity index is 800. The fourth-order valence-corrected chi connectivity index (χ4v) is 4.36. The summed E-state index contributed by atoms with van der Waals surface area (Å²) in [4.78, 5) is 33.8. The van der Waals surface area contributed by atoms with Crippen LogP contribution in [0, 0.1) is 5.92 Å². The molecular weight excluding hydrogens is 350 g/mol. The molecule has 138 valence electrons. The lowest BCUT2D eigenvalue weighted by Gasteiger charge is -2.35. The molecule has 26 heavy (non-hydrogen) atoms. The van der Waals surface area contributed by atoms with Crippen LogP contribution in [0.1, 0.15) is 54.5 Å². The van der Waals surface area contributed by atoms with Gasteiger partial charge >= 0.3 is 0 Å². The quantitative estimate of drug-likeness (QED) is 0.891. The Morgan fingerprint density at radius 3 is 2.92 bits per heavy atom. The molecule has 1 N–H and O–H groups in total. The van der Waals surface area contributed by atoms with E-state index in [0.29, 0.717) is 31.2 Å². The van der Waals surface area contributed by atoms with Crippen LogP contribution in [0.15, 0.2) is 17.0 Å². The number of fused-ring (bicyclic) bond motifs is 4. The molecule has 0 radical (unpaired) electrons. The molecule has 2 bridgehead atoms. The minimum Gasteiger partial charge on any atom is -0.334 e. The van der Waals surface area contributed by atoms with Crippen molar-refractivity contribution in [1.29, 1.82) is 0 Å². The van der Waals surface area contributed by atoms with Gasteiger partial charge in [0.1, 0.15) is 5.69 Å². The number of amides is 2. The summed E-state index contributed by atoms with van der Waals surface area (Å²) >= 11 is 1.54. The number of hydrogen-bond donors (Lipinski definition) is 1. The molecule has 7 nitrogen and oxygen atoms in total. The van der Waals surface area contributed by atoms with Crippen molar-refractivity contribution in [2.75, 3.05) is 13.1 Å². The molecule has 2 aromatic heterocycles. The van der Waals surface area contributed by atoms with E-state index in [9.17, 15) is 9.59 Å². The van der Waals surface area contributed by atoms with Gasteiger partial charge in [-0.25, -0.2) is 4.98 Å². The van der Waals surface area contributed by atoms with Crippen molar-refractivity contribution in [3.8, 4) is 0 Å². The van der Waals surface area contributed by atoms with Crippen molar-refractivity contribution in [3.63, 3.8) is 0 Å². The lowest BCUT2D eigenvalue weighted by molar-refractivity contribution is -0.140. The molecule has 0 aliphatic carbocycles. The largest absolute Gasteiger partial charge is 0.334 e. The summed E-state index contributed by atoms with van der Waals surface area (Å²) in [6.45, 7) is 5.69. The lowest BCUT2D eigenvalue weighted by Crippen LogP contribution is -2.47. The Labute approximate surface area is 156 Å². The van der Waals surface area contributed by atoms with Gasteiger partial charge in [0.25, 0.3) is 5.91 Å². The highest BCUT2D eigenvalue weighted by Crippen LogP contribution is 2.31. The van der Waals surface area contributed by atoms with Crippen molar-refractivity contribution in [1.82, 2.24) is 25.0 Å². The van der Waals surface area contributed by atoms with Gasteiger partial charge in [-0.2, -0.15) is 5.10 Å². The molecule has 0 spiro atoms. The number of carbonyl (C=O) groups excluding carboxylic acids is 2. The van der Waals surface area contributed by atoms with E-state index in [1.807, 2.05) is 21.2 Å². The van der Waals surface area contributed by atoms with E-state index in [2.05, 4.69) is 29.0 Å². The van der Waals surface area contributed by atoms with Crippen LogP contribution in [0.2, 0.25) is 0 Å². The zero-order valence-electron chi connectivity index (χ0n) is 15.0. The standard InChI is InChI=1S/C18H23N5O2S/c1-11(2)15-5-16(21-20-15)18(25)22-6-12-3-4-14(8-22)23(17(12)24)7-13-9-26-10-19-13/h5,9-12,14H,3-4,6-8H2,1-2H3,(H,20,21)/t12-,14+/m0/s1. The third-order valence-electron chi connectivity index (χ3n) is 5.34. The van der Waals surface area contributed by atoms with E-state index in [0.717, 1.165) is 24.2 Å². The van der Waals surface area contributed by atoms with Crippen LogP contribution < -0.4 is 0 Å². The fourth-order valence-electron chi connectivity index (χ4n) is 3.81. The van der Waals surface area contributed by atoms with Crippen molar-refractivity contribution in [2.24, 2.45) is 5.92 Å². The summed E-state index contributed by atoms with van der Waals surface area (Å²) in [5, 5.41) is 9.11. The third kappa shape index (κ3) is 3.13. The minimum atomic E-state index is -0.125. The molecule has 3 fully saturated rings. The lowest BCUT2D eigenvalue weighted by atomic mass is 9.94. The zero-order valence-corrected chi connectivity index (χ0v) is 15.8. The summed E-state index contributed by atoms with van der Waals surface area (Å²) in [6, 6.07) is 1.88. The van der Waals surface area contributed by atoms with Gasteiger partial charge < -0.3 is 9.80 Å². The van der Waals surface area contributed by atoms with Gasteiger partial charge in [-0.3, -0.25) is 14.7 Å². The van der Waals surface area contributed by atoms with Crippen LogP contribution in [0.5, 0.6) is 0 Å². The van der Waals surface area contributed by atoms with Gasteiger partial charge in [-0.05, 0) is 24.8 Å². The number of nitrogens with zero attached hydrogens (tertiary/aromatic N) is 4. The SMILES string of the molecule is CC(C)c1cc(C(=O)N2C[C@@H]3CC[C@H](C2)N(Cc2cscn2)C3=O)n[nH]1. The molecule has 3 aliphatic rings. The Morgan fingerprint density at radius 2 is 2.23 bits per heavy atom. The van der Waals surface area contributed by atoms with Gasteiger partial charge in [0.05, 0.1) is 23.7 Å². The van der Waals surface area contributed by atoms with Crippen LogP contribution in [0.4, 0.5) is 0 Å². The molecule has 2 amide bonds. The maximum atomic E-state index is 12.9. The Kier molecular flexibility index (Phi) is 4.52. The average Bonchev–Trinajstić information content (AvgIpc) is 3.24. The van der Waals surface area contributed by atoms with Crippen LogP contribution in [-0.4, -0.2) is 55.9 Å². The second-order valence-electron chi connectivity index (χ2n) is 7.45. The number of thiazole rings is 1. The second kappa shape index (κ2) is 6.83. The number of rotatable bonds is 4. The third-order valence-corrected chi connectivity index (χ3v) is 5.97. The molecule has 3 saturated heterocycles. The van der Waals surface area contributed by atoms with E-state index in [1.165, 1.54) is 11.3 Å².